The summed E-state index contributed by atoms with van der Waals surface area (Å²) in [7, 11) is 3.97. The molecule has 1 heterocycles. The van der Waals surface area contributed by atoms with Gasteiger partial charge >= 0.3 is 0 Å². The highest BCUT2D eigenvalue weighted by Crippen LogP contribution is 2.12. The Balaban J connectivity index is 2.91. The average molecular weight is 168 g/mol. The van der Waals surface area contributed by atoms with Gasteiger partial charge in [-0.15, -0.1) is 0 Å². The van der Waals surface area contributed by atoms with Gasteiger partial charge in [0.2, 0.25) is 0 Å². The zero-order valence-corrected chi connectivity index (χ0v) is 7.91. The first-order chi connectivity index (χ1) is 5.69. The molecule has 0 unspecified atom stereocenters. The molecule has 4 heteroatoms. The topological polar surface area (TPSA) is 47.1 Å². The molecule has 0 aromatic carbocycles. The zero-order chi connectivity index (χ0) is 9.14. The van der Waals surface area contributed by atoms with Gasteiger partial charge in [-0.2, -0.15) is 5.10 Å². The standard InChI is InChI=1S/C8H16N4/c1-4-11(2)8-5-7(6-9)10-12(8)3/h5H,4,6,9H2,1-3H3. The lowest BCUT2D eigenvalue weighted by molar-refractivity contribution is 0.724. The molecule has 12 heavy (non-hydrogen) atoms. The summed E-state index contributed by atoms with van der Waals surface area (Å²) < 4.78 is 1.85. The van der Waals surface area contributed by atoms with Gasteiger partial charge in [-0.05, 0) is 6.92 Å². The number of aromatic nitrogens is 2. The van der Waals surface area contributed by atoms with Crippen LogP contribution in [0.15, 0.2) is 6.07 Å². The van der Waals surface area contributed by atoms with Crippen LogP contribution in [0.1, 0.15) is 12.6 Å². The van der Waals surface area contributed by atoms with Gasteiger partial charge in [0.05, 0.1) is 5.69 Å². The molecule has 0 saturated carbocycles. The third kappa shape index (κ3) is 1.58. The van der Waals surface area contributed by atoms with Gasteiger partial charge in [-0.25, -0.2) is 0 Å². The lowest BCUT2D eigenvalue weighted by Crippen LogP contribution is -2.18. The molecule has 0 saturated heterocycles. The maximum atomic E-state index is 5.48. The smallest absolute Gasteiger partial charge is 0.126 e. The van der Waals surface area contributed by atoms with Crippen LogP contribution in [0, 0.1) is 0 Å². The van der Waals surface area contributed by atoms with E-state index in [4.69, 9.17) is 5.73 Å². The van der Waals surface area contributed by atoms with E-state index in [1.54, 1.807) is 0 Å². The molecular formula is C8H16N4. The molecule has 0 aliphatic carbocycles. The second-order valence-electron chi connectivity index (χ2n) is 2.84. The molecule has 0 spiro atoms. The van der Waals surface area contributed by atoms with Gasteiger partial charge in [0.15, 0.2) is 0 Å². The Morgan fingerprint density at radius 2 is 2.33 bits per heavy atom. The van der Waals surface area contributed by atoms with E-state index in [1.807, 2.05) is 24.8 Å². The predicted molar refractivity (Wildman–Crippen MR) is 50.0 cm³/mol. The fraction of sp³-hybridized carbons (Fsp3) is 0.625. The SMILES string of the molecule is CCN(C)c1cc(CN)nn1C. The molecule has 0 bridgehead atoms. The highest BCUT2D eigenvalue weighted by molar-refractivity contribution is 5.39. The highest BCUT2D eigenvalue weighted by atomic mass is 15.4. The Kier molecular flexibility index (Phi) is 2.70. The van der Waals surface area contributed by atoms with E-state index < -0.39 is 0 Å². The third-order valence-corrected chi connectivity index (χ3v) is 1.98. The number of hydrogen-bond donors (Lipinski definition) is 1. The van der Waals surface area contributed by atoms with Crippen LogP contribution in [-0.2, 0) is 13.6 Å². The number of anilines is 1. The Labute approximate surface area is 73.0 Å². The van der Waals surface area contributed by atoms with Crippen LogP contribution in [-0.4, -0.2) is 23.4 Å². The van der Waals surface area contributed by atoms with Crippen molar-refractivity contribution >= 4 is 5.82 Å². The predicted octanol–water partition coefficient (Wildman–Crippen LogP) is 0.335. The van der Waals surface area contributed by atoms with Gasteiger partial charge in [-0.3, -0.25) is 4.68 Å². The Morgan fingerprint density at radius 1 is 1.67 bits per heavy atom. The van der Waals surface area contributed by atoms with Gasteiger partial charge in [0.1, 0.15) is 5.82 Å². The molecule has 68 valence electrons. The molecule has 0 aliphatic heterocycles. The first kappa shape index (κ1) is 9.06. The van der Waals surface area contributed by atoms with Gasteiger partial charge in [-0.1, -0.05) is 0 Å². The zero-order valence-electron chi connectivity index (χ0n) is 7.91. The Hall–Kier alpha value is -1.03. The quantitative estimate of drug-likeness (QED) is 0.707. The second-order valence-corrected chi connectivity index (χ2v) is 2.84. The van der Waals surface area contributed by atoms with E-state index in [0.717, 1.165) is 18.1 Å². The summed E-state index contributed by atoms with van der Waals surface area (Å²) in [5.74, 6) is 1.11. The maximum absolute atomic E-state index is 5.48. The van der Waals surface area contributed by atoms with Crippen molar-refractivity contribution in [1.82, 2.24) is 9.78 Å². The van der Waals surface area contributed by atoms with Gasteiger partial charge in [0, 0.05) is 33.3 Å². The van der Waals surface area contributed by atoms with E-state index >= 15 is 0 Å². The van der Waals surface area contributed by atoms with E-state index in [1.165, 1.54) is 0 Å². The first-order valence-corrected chi connectivity index (χ1v) is 4.13. The Bertz CT molecular complexity index is 254. The molecule has 0 fully saturated rings. The summed E-state index contributed by atoms with van der Waals surface area (Å²) in [6.45, 7) is 3.59. The average Bonchev–Trinajstić information content (AvgIpc) is 2.45. The molecular weight excluding hydrogens is 152 g/mol. The largest absolute Gasteiger partial charge is 0.360 e. The van der Waals surface area contributed by atoms with Crippen LogP contribution in [0.3, 0.4) is 0 Å². The Morgan fingerprint density at radius 3 is 2.75 bits per heavy atom. The summed E-state index contributed by atoms with van der Waals surface area (Å²) in [5, 5.41) is 4.25. The summed E-state index contributed by atoms with van der Waals surface area (Å²) in [6.07, 6.45) is 0. The van der Waals surface area contributed by atoms with E-state index in [2.05, 4.69) is 16.9 Å². The normalized spacial score (nSPS) is 10.3. The van der Waals surface area contributed by atoms with Crippen LogP contribution in [0.2, 0.25) is 0 Å². The van der Waals surface area contributed by atoms with Crippen LogP contribution < -0.4 is 10.6 Å². The minimum Gasteiger partial charge on any atom is -0.360 e. The summed E-state index contributed by atoms with van der Waals surface area (Å²) >= 11 is 0. The van der Waals surface area contributed by atoms with E-state index in [0.29, 0.717) is 6.54 Å². The minimum atomic E-state index is 0.505. The summed E-state index contributed by atoms with van der Waals surface area (Å²) in [6, 6.07) is 2.02. The van der Waals surface area contributed by atoms with Gasteiger partial charge < -0.3 is 10.6 Å². The van der Waals surface area contributed by atoms with Crippen molar-refractivity contribution in [3.63, 3.8) is 0 Å². The summed E-state index contributed by atoms with van der Waals surface area (Å²) in [5.41, 5.74) is 6.42. The molecule has 0 atom stereocenters. The summed E-state index contributed by atoms with van der Waals surface area (Å²) in [4.78, 5) is 2.13. The first-order valence-electron chi connectivity index (χ1n) is 4.13. The van der Waals surface area contributed by atoms with Crippen LogP contribution in [0.25, 0.3) is 0 Å². The van der Waals surface area contributed by atoms with Gasteiger partial charge in [0.25, 0.3) is 0 Å². The van der Waals surface area contributed by atoms with Crippen molar-refractivity contribution in [3.05, 3.63) is 11.8 Å². The fourth-order valence-corrected chi connectivity index (χ4v) is 1.13. The van der Waals surface area contributed by atoms with Crippen molar-refractivity contribution in [1.29, 1.82) is 0 Å². The van der Waals surface area contributed by atoms with Crippen molar-refractivity contribution in [2.45, 2.75) is 13.5 Å². The third-order valence-electron chi connectivity index (χ3n) is 1.98. The number of aryl methyl sites for hydroxylation is 1. The molecule has 0 aliphatic rings. The molecule has 1 aromatic rings. The van der Waals surface area contributed by atoms with Crippen molar-refractivity contribution in [2.24, 2.45) is 12.8 Å². The fourth-order valence-electron chi connectivity index (χ4n) is 1.13. The van der Waals surface area contributed by atoms with E-state index in [-0.39, 0.29) is 0 Å². The molecule has 2 N–H and O–H groups in total. The van der Waals surface area contributed by atoms with Crippen molar-refractivity contribution in [3.8, 4) is 0 Å². The van der Waals surface area contributed by atoms with Crippen LogP contribution >= 0.6 is 0 Å². The molecule has 1 aromatic heterocycles. The van der Waals surface area contributed by atoms with Crippen molar-refractivity contribution < 1.29 is 0 Å². The number of nitrogens with zero attached hydrogens (tertiary/aromatic N) is 3. The lowest BCUT2D eigenvalue weighted by atomic mass is 10.4. The monoisotopic (exact) mass is 168 g/mol. The van der Waals surface area contributed by atoms with Crippen LogP contribution in [0.4, 0.5) is 5.82 Å². The van der Waals surface area contributed by atoms with Crippen LogP contribution in [0.5, 0.6) is 0 Å². The molecule has 0 amide bonds. The van der Waals surface area contributed by atoms with Crippen molar-refractivity contribution in [2.75, 3.05) is 18.5 Å². The number of hydrogen-bond acceptors (Lipinski definition) is 3. The lowest BCUT2D eigenvalue weighted by Gasteiger charge is -2.15. The number of nitrogens with two attached hydrogens (primary N) is 1. The minimum absolute atomic E-state index is 0.505. The molecule has 0 radical (unpaired) electrons. The second kappa shape index (κ2) is 3.58. The molecule has 1 rings (SSSR count). The number of rotatable bonds is 3. The maximum Gasteiger partial charge on any atom is 0.126 e. The molecule has 4 nitrogen and oxygen atoms in total. The highest BCUT2D eigenvalue weighted by Gasteiger charge is 2.05. The van der Waals surface area contributed by atoms with E-state index in [9.17, 15) is 0 Å².